The van der Waals surface area contributed by atoms with Crippen molar-refractivity contribution in [2.24, 2.45) is 0 Å². The number of carboxylic acids is 1. The number of aliphatic carboxylic acids is 1. The summed E-state index contributed by atoms with van der Waals surface area (Å²) >= 11 is 4.59. The molecule has 4 rings (SSSR count). The Labute approximate surface area is 370 Å². The fourth-order valence-electron chi connectivity index (χ4n) is 8.40. The van der Waals surface area contributed by atoms with Crippen molar-refractivity contribution in [3.05, 3.63) is 83.6 Å². The first-order valence-corrected chi connectivity index (χ1v) is 27.0. The molecule has 2 heterocycles. The van der Waals surface area contributed by atoms with Crippen molar-refractivity contribution in [1.29, 1.82) is 0 Å². The molecule has 344 valence electrons. The highest BCUT2D eigenvalue weighted by Gasteiger charge is 2.47. The van der Waals surface area contributed by atoms with E-state index in [1.165, 1.54) is 12.1 Å². The van der Waals surface area contributed by atoms with Gasteiger partial charge in [0.15, 0.2) is 5.71 Å². The van der Waals surface area contributed by atoms with Gasteiger partial charge >= 0.3 is 5.97 Å². The van der Waals surface area contributed by atoms with Gasteiger partial charge in [0, 0.05) is 58.8 Å². The highest BCUT2D eigenvalue weighted by Crippen LogP contribution is 2.51. The van der Waals surface area contributed by atoms with Crippen LogP contribution >= 0.6 is 12.6 Å². The third-order valence-corrected chi connectivity index (χ3v) is 15.0. The summed E-state index contributed by atoms with van der Waals surface area (Å²) in [6.07, 6.45) is 13.3. The normalized spacial score (nSPS) is 20.2. The third-order valence-electron chi connectivity index (χ3n) is 11.4. The Balaban J connectivity index is 1.78. The molecule has 2 atom stereocenters. The Kier molecular flexibility index (Phi) is 17.4. The minimum Gasteiger partial charge on any atom is -0.481 e. The molecule has 2 aliphatic heterocycles. The van der Waals surface area contributed by atoms with Crippen LogP contribution in [0.3, 0.4) is 0 Å². The molecule has 0 aromatic heterocycles. The number of unbranched alkanes of at least 4 members (excludes halogenated alkanes) is 5. The highest BCUT2D eigenvalue weighted by molar-refractivity contribution is 7.86. The van der Waals surface area contributed by atoms with E-state index in [0.29, 0.717) is 80.6 Å². The van der Waals surface area contributed by atoms with Crippen molar-refractivity contribution in [3.8, 4) is 0 Å². The fraction of sp³-hybridized carbons (Fsp3) is 0.512. The van der Waals surface area contributed by atoms with Gasteiger partial charge in [-0.05, 0) is 101 Å². The first-order chi connectivity index (χ1) is 28.8. The number of hydrogen-bond donors (Lipinski definition) is 6. The van der Waals surface area contributed by atoms with Crippen LogP contribution in [0.25, 0.3) is 0 Å². The van der Waals surface area contributed by atoms with Crippen LogP contribution in [-0.4, -0.2) is 104 Å². The van der Waals surface area contributed by atoms with E-state index in [-0.39, 0.29) is 30.6 Å². The minimum absolute atomic E-state index is 0.00304. The first kappa shape index (κ1) is 51.2. The van der Waals surface area contributed by atoms with E-state index in [9.17, 15) is 56.7 Å². The van der Waals surface area contributed by atoms with E-state index < -0.39 is 74.5 Å². The number of carboxylic acid groups (broad SMARTS) is 1. The molecule has 5 N–H and O–H groups in total. The quantitative estimate of drug-likeness (QED) is 0.0197. The maximum absolute atomic E-state index is 12.3. The second-order valence-electron chi connectivity index (χ2n) is 16.2. The predicted molar refractivity (Wildman–Crippen MR) is 240 cm³/mol. The smallest absolute Gasteiger partial charge is 0.303 e. The molecule has 21 heteroatoms. The van der Waals surface area contributed by atoms with Gasteiger partial charge in [0.2, 0.25) is 5.69 Å². The molecular formula is C41H57N2O14S5+. The van der Waals surface area contributed by atoms with Crippen molar-refractivity contribution in [2.75, 3.05) is 35.2 Å². The van der Waals surface area contributed by atoms with Gasteiger partial charge in [-0.2, -0.15) is 38.2 Å². The molecule has 0 aliphatic carbocycles. The van der Waals surface area contributed by atoms with E-state index in [1.54, 1.807) is 18.2 Å². The zero-order valence-electron chi connectivity index (χ0n) is 34.8. The van der Waals surface area contributed by atoms with Crippen LogP contribution in [0.15, 0.2) is 82.3 Å². The number of allylic oxidation sites excluding steroid dienone is 6. The largest absolute Gasteiger partial charge is 0.481 e. The molecule has 0 fully saturated rings. The van der Waals surface area contributed by atoms with Crippen LogP contribution < -0.4 is 4.90 Å². The average molecular weight is 962 g/mol. The first-order valence-electron chi connectivity index (χ1n) is 20.3. The number of hydrogen-bond acceptors (Lipinski definition) is 11. The summed E-state index contributed by atoms with van der Waals surface area (Å²) in [5, 5.41) is 9.15. The number of carbonyl (C=O) groups is 1. The molecule has 2 aliphatic rings. The van der Waals surface area contributed by atoms with Gasteiger partial charge in [0.1, 0.15) is 6.54 Å². The van der Waals surface area contributed by atoms with Crippen molar-refractivity contribution in [3.63, 3.8) is 0 Å². The molecule has 0 amide bonds. The molecule has 0 bridgehead atoms. The topological polar surface area (TPSA) is 261 Å². The van der Waals surface area contributed by atoms with E-state index in [2.05, 4.69) is 17.2 Å². The Hall–Kier alpha value is -3.41. The SMILES string of the molecule is CC1(CCCCS(=O)(=O)O)C(/C=C/C=C/C=C2/N(CCCCCC(=O)O)c3ccc(S(=O)(=O)O)cc3C2(C)CCCCS(=O)(=O)O)=[N+](CCCCS(=O)(=O)O)c2ccc(S)cc21. The van der Waals surface area contributed by atoms with E-state index in [4.69, 9.17) is 5.11 Å². The summed E-state index contributed by atoms with van der Waals surface area (Å²) < 4.78 is 134. The van der Waals surface area contributed by atoms with E-state index in [0.717, 1.165) is 22.7 Å². The van der Waals surface area contributed by atoms with Crippen molar-refractivity contribution in [2.45, 2.75) is 112 Å². The molecule has 16 nitrogen and oxygen atoms in total. The zero-order chi connectivity index (χ0) is 46.1. The molecule has 2 aromatic rings. The number of benzene rings is 2. The standard InChI is InChI=1S/C41H56N2O14S5/c1-40(22-8-12-26-59(46,47)48)33-29-31(58)18-20-35(33)43(25-11-14-28-61(52,53)54)37(40)15-5-3-6-16-38-41(2,23-9-13-27-60(49,50)51)34-30-32(62(55,56)57)19-21-36(34)42(38)24-10-4-7-17-39(44)45/h3,5-6,15-16,18-21,29-30H,4,7-14,17,22-28H2,1-2H3,(H5-,44,45,46,47,48,49,50,51,52,53,54,55,56,57,58)/p+1. The van der Waals surface area contributed by atoms with E-state index in [1.807, 2.05) is 55.2 Å². The highest BCUT2D eigenvalue weighted by atomic mass is 32.2. The summed E-state index contributed by atoms with van der Waals surface area (Å²) in [6, 6.07) is 9.99. The summed E-state index contributed by atoms with van der Waals surface area (Å²) in [5.74, 6) is -2.18. The second-order valence-corrected chi connectivity index (χ2v) is 22.8. The van der Waals surface area contributed by atoms with Crippen LogP contribution in [0, 0.1) is 0 Å². The molecule has 2 aromatic carbocycles. The molecular weight excluding hydrogens is 905 g/mol. The van der Waals surface area contributed by atoms with Gasteiger partial charge in [0.25, 0.3) is 40.5 Å². The van der Waals surface area contributed by atoms with Gasteiger partial charge in [-0.15, -0.1) is 12.6 Å². The summed E-state index contributed by atoms with van der Waals surface area (Å²) in [5.41, 5.74) is 3.02. The van der Waals surface area contributed by atoms with E-state index >= 15 is 0 Å². The summed E-state index contributed by atoms with van der Waals surface area (Å²) in [7, 11) is -17.2. The van der Waals surface area contributed by atoms with Crippen LogP contribution in [0.1, 0.15) is 102 Å². The molecule has 0 radical (unpaired) electrons. The number of thiol groups is 1. The lowest BCUT2D eigenvalue weighted by atomic mass is 9.75. The van der Waals surface area contributed by atoms with Crippen molar-refractivity contribution in [1.82, 2.24) is 0 Å². The number of nitrogens with zero attached hydrogens (tertiary/aromatic N) is 2. The zero-order valence-corrected chi connectivity index (χ0v) is 38.9. The molecule has 0 saturated heterocycles. The summed E-state index contributed by atoms with van der Waals surface area (Å²) in [4.78, 5) is 13.6. The van der Waals surface area contributed by atoms with Crippen molar-refractivity contribution >= 4 is 76.2 Å². The molecule has 62 heavy (non-hydrogen) atoms. The van der Waals surface area contributed by atoms with Crippen LogP contribution in [0.2, 0.25) is 0 Å². The molecule has 2 unspecified atom stereocenters. The average Bonchev–Trinajstić information content (AvgIpc) is 3.51. The third kappa shape index (κ3) is 14.3. The van der Waals surface area contributed by atoms with Gasteiger partial charge in [0.05, 0.1) is 27.6 Å². The Morgan fingerprint density at radius 3 is 1.87 bits per heavy atom. The van der Waals surface area contributed by atoms with Gasteiger partial charge in [-0.3, -0.25) is 23.0 Å². The number of fused-ring (bicyclic) bond motifs is 2. The second kappa shape index (κ2) is 21.1. The Morgan fingerprint density at radius 2 is 1.29 bits per heavy atom. The van der Waals surface area contributed by atoms with Crippen LogP contribution in [0.4, 0.5) is 11.4 Å². The van der Waals surface area contributed by atoms with Crippen LogP contribution in [0.5, 0.6) is 0 Å². The lowest BCUT2D eigenvalue weighted by molar-refractivity contribution is -0.438. The molecule has 0 spiro atoms. The van der Waals surface area contributed by atoms with Crippen LogP contribution in [-0.2, 0) is 56.1 Å². The Morgan fingerprint density at radius 1 is 0.694 bits per heavy atom. The number of rotatable bonds is 25. The monoisotopic (exact) mass is 961 g/mol. The lowest BCUT2D eigenvalue weighted by Crippen LogP contribution is -2.31. The van der Waals surface area contributed by atoms with Gasteiger partial charge in [-0.1, -0.05) is 37.5 Å². The number of anilines is 1. The maximum atomic E-state index is 12.3. The minimum atomic E-state index is -4.60. The molecule has 0 saturated carbocycles. The lowest BCUT2D eigenvalue weighted by Gasteiger charge is -2.30. The Bertz CT molecular complexity index is 2550. The summed E-state index contributed by atoms with van der Waals surface area (Å²) in [6.45, 7) is 4.74. The van der Waals surface area contributed by atoms with Gasteiger partial charge < -0.3 is 10.0 Å². The fourth-order valence-corrected chi connectivity index (χ4v) is 10.8. The van der Waals surface area contributed by atoms with Gasteiger partial charge in [-0.25, -0.2) is 0 Å². The predicted octanol–water partition coefficient (Wildman–Crippen LogP) is 6.78. The van der Waals surface area contributed by atoms with Crippen molar-refractivity contribution < 1.29 is 66.4 Å². The maximum Gasteiger partial charge on any atom is 0.303 e.